The van der Waals surface area contributed by atoms with Crippen molar-refractivity contribution >= 4 is 5.69 Å². The summed E-state index contributed by atoms with van der Waals surface area (Å²) in [7, 11) is 0. The highest BCUT2D eigenvalue weighted by Gasteiger charge is 2.15. The van der Waals surface area contributed by atoms with Crippen LogP contribution in [0.5, 0.6) is 0 Å². The number of nitrogens with zero attached hydrogens (tertiary/aromatic N) is 1. The Hall–Kier alpha value is -1.10. The standard InChI is InChI=1S/C15H24N2O2/c1-15(2,12-18)16-14-5-3-13(4-6-14)11-17-7-9-19-10-8-17/h3-6,16,18H,7-12H2,1-2H3. The number of nitrogens with one attached hydrogen (secondary N) is 1. The van der Waals surface area contributed by atoms with Crippen LogP contribution in [0.25, 0.3) is 0 Å². The van der Waals surface area contributed by atoms with Gasteiger partial charge >= 0.3 is 0 Å². The molecule has 1 aromatic rings. The normalized spacial score (nSPS) is 17.4. The summed E-state index contributed by atoms with van der Waals surface area (Å²) >= 11 is 0. The fourth-order valence-corrected chi connectivity index (χ4v) is 2.14. The van der Waals surface area contributed by atoms with Crippen LogP contribution in [0.15, 0.2) is 24.3 Å². The SMILES string of the molecule is CC(C)(CO)Nc1ccc(CN2CCOCC2)cc1. The van der Waals surface area contributed by atoms with E-state index in [4.69, 9.17) is 4.74 Å². The topological polar surface area (TPSA) is 44.7 Å². The Morgan fingerprint density at radius 2 is 1.84 bits per heavy atom. The van der Waals surface area contributed by atoms with E-state index in [0.717, 1.165) is 38.5 Å². The smallest absolute Gasteiger partial charge is 0.0656 e. The van der Waals surface area contributed by atoms with Crippen molar-refractivity contribution in [3.8, 4) is 0 Å². The third-order valence-electron chi connectivity index (χ3n) is 3.34. The van der Waals surface area contributed by atoms with Gasteiger partial charge in [0.05, 0.1) is 25.4 Å². The Bertz CT molecular complexity index is 384. The Morgan fingerprint density at radius 3 is 2.42 bits per heavy atom. The third-order valence-corrected chi connectivity index (χ3v) is 3.34. The maximum Gasteiger partial charge on any atom is 0.0656 e. The monoisotopic (exact) mass is 264 g/mol. The van der Waals surface area contributed by atoms with Crippen molar-refractivity contribution in [1.29, 1.82) is 0 Å². The summed E-state index contributed by atoms with van der Waals surface area (Å²) in [6.45, 7) is 8.75. The van der Waals surface area contributed by atoms with E-state index in [9.17, 15) is 5.11 Å². The number of hydrogen-bond donors (Lipinski definition) is 2. The molecule has 0 aromatic heterocycles. The molecule has 1 aliphatic heterocycles. The molecular weight excluding hydrogens is 240 g/mol. The molecule has 2 rings (SSSR count). The van der Waals surface area contributed by atoms with Gasteiger partial charge in [-0.05, 0) is 31.5 Å². The lowest BCUT2D eigenvalue weighted by Crippen LogP contribution is -2.35. The van der Waals surface area contributed by atoms with Gasteiger partial charge in [0.1, 0.15) is 0 Å². The first kappa shape index (κ1) is 14.3. The molecule has 106 valence electrons. The second-order valence-electron chi connectivity index (χ2n) is 5.75. The summed E-state index contributed by atoms with van der Waals surface area (Å²) in [5.41, 5.74) is 2.07. The summed E-state index contributed by atoms with van der Waals surface area (Å²) in [6.07, 6.45) is 0. The van der Waals surface area contributed by atoms with E-state index in [2.05, 4.69) is 34.5 Å². The maximum atomic E-state index is 9.25. The van der Waals surface area contributed by atoms with Gasteiger partial charge < -0.3 is 15.2 Å². The molecule has 0 unspecified atom stereocenters. The molecule has 19 heavy (non-hydrogen) atoms. The molecule has 0 bridgehead atoms. The van der Waals surface area contributed by atoms with Gasteiger partial charge in [0.25, 0.3) is 0 Å². The summed E-state index contributed by atoms with van der Waals surface area (Å²) in [4.78, 5) is 2.41. The number of ether oxygens (including phenoxy) is 1. The lowest BCUT2D eigenvalue weighted by molar-refractivity contribution is 0.0342. The highest BCUT2D eigenvalue weighted by molar-refractivity contribution is 5.46. The number of anilines is 1. The molecular formula is C15H24N2O2. The molecule has 0 aliphatic carbocycles. The number of morpholine rings is 1. The summed E-state index contributed by atoms with van der Waals surface area (Å²) in [5, 5.41) is 12.6. The largest absolute Gasteiger partial charge is 0.394 e. The first-order valence-corrected chi connectivity index (χ1v) is 6.87. The number of hydrogen-bond acceptors (Lipinski definition) is 4. The van der Waals surface area contributed by atoms with Crippen molar-refractivity contribution in [3.63, 3.8) is 0 Å². The van der Waals surface area contributed by atoms with Crippen LogP contribution in [0.4, 0.5) is 5.69 Å². The van der Waals surface area contributed by atoms with E-state index >= 15 is 0 Å². The van der Waals surface area contributed by atoms with Crippen molar-refractivity contribution in [3.05, 3.63) is 29.8 Å². The lowest BCUT2D eigenvalue weighted by atomic mass is 10.1. The van der Waals surface area contributed by atoms with E-state index < -0.39 is 0 Å². The van der Waals surface area contributed by atoms with Crippen molar-refractivity contribution in [2.75, 3.05) is 38.2 Å². The van der Waals surface area contributed by atoms with E-state index in [1.165, 1.54) is 5.56 Å². The highest BCUT2D eigenvalue weighted by Crippen LogP contribution is 2.16. The average Bonchev–Trinajstić information content (AvgIpc) is 2.42. The minimum absolute atomic E-state index is 0.114. The van der Waals surface area contributed by atoms with Gasteiger partial charge in [0.2, 0.25) is 0 Å². The molecule has 1 fully saturated rings. The van der Waals surface area contributed by atoms with Crippen molar-refractivity contribution in [1.82, 2.24) is 4.90 Å². The zero-order chi connectivity index (χ0) is 13.7. The van der Waals surface area contributed by atoms with Crippen LogP contribution < -0.4 is 5.32 Å². The summed E-state index contributed by atoms with van der Waals surface area (Å²) < 4.78 is 5.35. The number of benzene rings is 1. The van der Waals surface area contributed by atoms with Gasteiger partial charge in [-0.15, -0.1) is 0 Å². The van der Waals surface area contributed by atoms with Crippen LogP contribution in [0.3, 0.4) is 0 Å². The minimum Gasteiger partial charge on any atom is -0.394 e. The third kappa shape index (κ3) is 4.49. The number of aliphatic hydroxyl groups is 1. The molecule has 0 saturated carbocycles. The van der Waals surface area contributed by atoms with Crippen molar-refractivity contribution in [2.24, 2.45) is 0 Å². The average molecular weight is 264 g/mol. The van der Waals surface area contributed by atoms with Crippen LogP contribution >= 0.6 is 0 Å². The predicted molar refractivity (Wildman–Crippen MR) is 77.3 cm³/mol. The molecule has 1 aromatic carbocycles. The number of aliphatic hydroxyl groups excluding tert-OH is 1. The van der Waals surface area contributed by atoms with Crippen LogP contribution in [-0.2, 0) is 11.3 Å². The zero-order valence-electron chi connectivity index (χ0n) is 11.9. The van der Waals surface area contributed by atoms with Gasteiger partial charge in [-0.3, -0.25) is 4.90 Å². The molecule has 4 heteroatoms. The summed E-state index contributed by atoms with van der Waals surface area (Å²) in [6, 6.07) is 8.44. The molecule has 0 spiro atoms. The molecule has 4 nitrogen and oxygen atoms in total. The van der Waals surface area contributed by atoms with Gasteiger partial charge in [0, 0.05) is 25.3 Å². The second kappa shape index (κ2) is 6.37. The molecule has 1 saturated heterocycles. The quantitative estimate of drug-likeness (QED) is 0.849. The Labute approximate surface area is 115 Å². The summed E-state index contributed by atoms with van der Waals surface area (Å²) in [5.74, 6) is 0. The van der Waals surface area contributed by atoms with E-state index in [-0.39, 0.29) is 12.1 Å². The molecule has 1 heterocycles. The number of rotatable bonds is 5. The highest BCUT2D eigenvalue weighted by atomic mass is 16.5. The fraction of sp³-hybridized carbons (Fsp3) is 0.600. The second-order valence-corrected chi connectivity index (χ2v) is 5.75. The van der Waals surface area contributed by atoms with Gasteiger partial charge in [-0.2, -0.15) is 0 Å². The maximum absolute atomic E-state index is 9.25. The Morgan fingerprint density at radius 1 is 1.21 bits per heavy atom. The molecule has 2 N–H and O–H groups in total. The van der Waals surface area contributed by atoms with E-state index in [0.29, 0.717) is 0 Å². The minimum atomic E-state index is -0.286. The van der Waals surface area contributed by atoms with Gasteiger partial charge in [-0.1, -0.05) is 12.1 Å². The van der Waals surface area contributed by atoms with Crippen LogP contribution in [0.2, 0.25) is 0 Å². The van der Waals surface area contributed by atoms with Gasteiger partial charge in [0.15, 0.2) is 0 Å². The van der Waals surface area contributed by atoms with Crippen LogP contribution in [0.1, 0.15) is 19.4 Å². The van der Waals surface area contributed by atoms with E-state index in [1.54, 1.807) is 0 Å². The first-order chi connectivity index (χ1) is 9.09. The van der Waals surface area contributed by atoms with Gasteiger partial charge in [-0.25, -0.2) is 0 Å². The molecule has 0 atom stereocenters. The molecule has 0 radical (unpaired) electrons. The van der Waals surface area contributed by atoms with Crippen molar-refractivity contribution in [2.45, 2.75) is 25.9 Å². The zero-order valence-corrected chi connectivity index (χ0v) is 11.9. The van der Waals surface area contributed by atoms with Crippen LogP contribution in [0, 0.1) is 0 Å². The Balaban J connectivity index is 1.90. The lowest BCUT2D eigenvalue weighted by Gasteiger charge is -2.27. The predicted octanol–water partition coefficient (Wildman–Crippen LogP) is 1.70. The van der Waals surface area contributed by atoms with E-state index in [1.807, 2.05) is 13.8 Å². The Kier molecular flexibility index (Phi) is 4.80. The fourth-order valence-electron chi connectivity index (χ4n) is 2.14. The molecule has 0 amide bonds. The first-order valence-electron chi connectivity index (χ1n) is 6.87. The van der Waals surface area contributed by atoms with Crippen LogP contribution in [-0.4, -0.2) is 48.5 Å². The van der Waals surface area contributed by atoms with Crippen molar-refractivity contribution < 1.29 is 9.84 Å². The molecule has 1 aliphatic rings.